The SMILES string of the molecule is CCNC(=NCC(O)c1cc(OC)ccc1OC)NC(C)CCc1ccccc1. The van der Waals surface area contributed by atoms with Crippen molar-refractivity contribution < 1.29 is 14.6 Å². The first-order valence-electron chi connectivity index (χ1n) is 10.1. The maximum absolute atomic E-state index is 10.7. The van der Waals surface area contributed by atoms with Crippen LogP contribution in [0.3, 0.4) is 0 Å². The molecule has 2 unspecified atom stereocenters. The van der Waals surface area contributed by atoms with Gasteiger partial charge in [-0.2, -0.15) is 0 Å². The third-order valence-corrected chi connectivity index (χ3v) is 4.65. The highest BCUT2D eigenvalue weighted by molar-refractivity contribution is 5.80. The van der Waals surface area contributed by atoms with Gasteiger partial charge in [-0.25, -0.2) is 0 Å². The summed E-state index contributed by atoms with van der Waals surface area (Å²) in [6, 6.07) is 16.1. The summed E-state index contributed by atoms with van der Waals surface area (Å²) in [5, 5.41) is 17.3. The molecule has 0 heterocycles. The number of nitrogens with zero attached hydrogens (tertiary/aromatic N) is 1. The fourth-order valence-electron chi connectivity index (χ4n) is 3.03. The third-order valence-electron chi connectivity index (χ3n) is 4.65. The second kappa shape index (κ2) is 12.0. The zero-order valence-corrected chi connectivity index (χ0v) is 17.8. The van der Waals surface area contributed by atoms with Gasteiger partial charge in [-0.3, -0.25) is 4.99 Å². The zero-order valence-electron chi connectivity index (χ0n) is 17.8. The lowest BCUT2D eigenvalue weighted by Gasteiger charge is -2.19. The molecular weight excluding hydrogens is 366 g/mol. The van der Waals surface area contributed by atoms with E-state index < -0.39 is 6.10 Å². The highest BCUT2D eigenvalue weighted by Crippen LogP contribution is 2.29. The van der Waals surface area contributed by atoms with Crippen LogP contribution in [-0.2, 0) is 6.42 Å². The van der Waals surface area contributed by atoms with E-state index in [9.17, 15) is 5.11 Å². The lowest BCUT2D eigenvalue weighted by Crippen LogP contribution is -2.42. The Kier molecular flexibility index (Phi) is 9.31. The molecule has 6 heteroatoms. The molecule has 0 saturated carbocycles. The van der Waals surface area contributed by atoms with E-state index >= 15 is 0 Å². The number of benzene rings is 2. The second-order valence-electron chi connectivity index (χ2n) is 6.91. The van der Waals surface area contributed by atoms with Crippen LogP contribution in [0.15, 0.2) is 53.5 Å². The first-order valence-corrected chi connectivity index (χ1v) is 10.1. The summed E-state index contributed by atoms with van der Waals surface area (Å²) in [5.41, 5.74) is 1.98. The molecule has 0 bridgehead atoms. The van der Waals surface area contributed by atoms with E-state index in [0.29, 0.717) is 23.0 Å². The normalized spacial score (nSPS) is 13.5. The molecule has 0 saturated heterocycles. The predicted molar refractivity (Wildman–Crippen MR) is 118 cm³/mol. The number of ether oxygens (including phenoxy) is 2. The Morgan fingerprint density at radius 2 is 1.86 bits per heavy atom. The largest absolute Gasteiger partial charge is 0.497 e. The van der Waals surface area contributed by atoms with Gasteiger partial charge in [0.25, 0.3) is 0 Å². The van der Waals surface area contributed by atoms with E-state index in [-0.39, 0.29) is 12.6 Å². The first-order chi connectivity index (χ1) is 14.1. The molecule has 0 aliphatic heterocycles. The van der Waals surface area contributed by atoms with Crippen molar-refractivity contribution in [1.29, 1.82) is 0 Å². The molecule has 6 nitrogen and oxygen atoms in total. The number of methoxy groups -OCH3 is 2. The average molecular weight is 400 g/mol. The number of aliphatic imine (C=N–C) groups is 1. The van der Waals surface area contributed by atoms with Gasteiger partial charge in [-0.1, -0.05) is 30.3 Å². The van der Waals surface area contributed by atoms with Crippen LogP contribution >= 0.6 is 0 Å². The van der Waals surface area contributed by atoms with Crippen molar-refractivity contribution in [3.8, 4) is 11.5 Å². The maximum Gasteiger partial charge on any atom is 0.191 e. The number of aliphatic hydroxyl groups excluding tert-OH is 1. The number of aliphatic hydroxyl groups is 1. The number of guanidine groups is 1. The molecule has 2 atom stereocenters. The Labute approximate surface area is 174 Å². The van der Waals surface area contributed by atoms with Gasteiger partial charge < -0.3 is 25.2 Å². The molecule has 158 valence electrons. The van der Waals surface area contributed by atoms with E-state index in [1.165, 1.54) is 5.56 Å². The van der Waals surface area contributed by atoms with Crippen LogP contribution in [0.1, 0.15) is 37.5 Å². The summed E-state index contributed by atoms with van der Waals surface area (Å²) in [6.45, 7) is 5.12. The van der Waals surface area contributed by atoms with Crippen molar-refractivity contribution in [2.75, 3.05) is 27.3 Å². The van der Waals surface area contributed by atoms with Crippen LogP contribution in [-0.4, -0.2) is 44.4 Å². The first kappa shape index (κ1) is 22.6. The highest BCUT2D eigenvalue weighted by atomic mass is 16.5. The lowest BCUT2D eigenvalue weighted by molar-refractivity contribution is 0.182. The van der Waals surface area contributed by atoms with Crippen molar-refractivity contribution in [1.82, 2.24) is 10.6 Å². The fourth-order valence-corrected chi connectivity index (χ4v) is 3.03. The van der Waals surface area contributed by atoms with Crippen molar-refractivity contribution in [3.05, 3.63) is 59.7 Å². The number of rotatable bonds is 10. The number of hydrogen-bond donors (Lipinski definition) is 3. The van der Waals surface area contributed by atoms with Gasteiger partial charge in [0.2, 0.25) is 0 Å². The monoisotopic (exact) mass is 399 g/mol. The van der Waals surface area contributed by atoms with E-state index in [1.54, 1.807) is 32.4 Å². The van der Waals surface area contributed by atoms with Crippen LogP contribution in [0.2, 0.25) is 0 Å². The molecule has 2 rings (SSSR count). The standard InChI is InChI=1S/C23H33N3O3/c1-5-24-23(26-17(2)11-12-18-9-7-6-8-10-18)25-16-21(27)20-15-19(28-3)13-14-22(20)29-4/h6-10,13-15,17,21,27H,5,11-12,16H2,1-4H3,(H2,24,25,26). The molecule has 0 radical (unpaired) electrons. The van der Waals surface area contributed by atoms with Crippen molar-refractivity contribution >= 4 is 5.96 Å². The van der Waals surface area contributed by atoms with Gasteiger partial charge in [0, 0.05) is 18.2 Å². The Hall–Kier alpha value is -2.73. The Bertz CT molecular complexity index is 765. The van der Waals surface area contributed by atoms with Crippen LogP contribution < -0.4 is 20.1 Å². The van der Waals surface area contributed by atoms with Gasteiger partial charge in [0.1, 0.15) is 17.6 Å². The molecule has 29 heavy (non-hydrogen) atoms. The predicted octanol–water partition coefficient (Wildman–Crippen LogP) is 3.31. The molecule has 0 aliphatic rings. The number of hydrogen-bond acceptors (Lipinski definition) is 4. The number of nitrogens with one attached hydrogen (secondary N) is 2. The number of aryl methyl sites for hydroxylation is 1. The molecule has 0 aromatic heterocycles. The molecule has 2 aromatic rings. The molecular formula is C23H33N3O3. The van der Waals surface area contributed by atoms with E-state index in [1.807, 2.05) is 13.0 Å². The van der Waals surface area contributed by atoms with E-state index in [4.69, 9.17) is 9.47 Å². The summed E-state index contributed by atoms with van der Waals surface area (Å²) in [4.78, 5) is 4.56. The van der Waals surface area contributed by atoms with Gasteiger partial charge in [0.15, 0.2) is 5.96 Å². The summed E-state index contributed by atoms with van der Waals surface area (Å²) in [7, 11) is 3.18. The smallest absolute Gasteiger partial charge is 0.191 e. The fraction of sp³-hybridized carbons (Fsp3) is 0.435. The molecule has 2 aromatic carbocycles. The third kappa shape index (κ3) is 7.31. The topological polar surface area (TPSA) is 75.1 Å². The Morgan fingerprint density at radius 3 is 2.52 bits per heavy atom. The summed E-state index contributed by atoms with van der Waals surface area (Å²) < 4.78 is 10.6. The van der Waals surface area contributed by atoms with Crippen LogP contribution in [0.25, 0.3) is 0 Å². The van der Waals surface area contributed by atoms with Crippen molar-refractivity contribution in [2.45, 2.75) is 38.8 Å². The molecule has 0 amide bonds. The van der Waals surface area contributed by atoms with E-state index in [0.717, 1.165) is 19.4 Å². The van der Waals surface area contributed by atoms with Gasteiger partial charge in [0.05, 0.1) is 20.8 Å². The van der Waals surface area contributed by atoms with E-state index in [2.05, 4.69) is 46.8 Å². The summed E-state index contributed by atoms with van der Waals surface area (Å²) in [6.07, 6.45) is 1.19. The van der Waals surface area contributed by atoms with Gasteiger partial charge >= 0.3 is 0 Å². The van der Waals surface area contributed by atoms with Crippen LogP contribution in [0, 0.1) is 0 Å². The molecule has 3 N–H and O–H groups in total. The molecule has 0 aliphatic carbocycles. The summed E-state index contributed by atoms with van der Waals surface area (Å²) >= 11 is 0. The van der Waals surface area contributed by atoms with Crippen molar-refractivity contribution in [2.24, 2.45) is 4.99 Å². The lowest BCUT2D eigenvalue weighted by atomic mass is 10.1. The van der Waals surface area contributed by atoms with Gasteiger partial charge in [-0.05, 0) is 50.5 Å². The Morgan fingerprint density at radius 1 is 1.10 bits per heavy atom. The highest BCUT2D eigenvalue weighted by Gasteiger charge is 2.15. The zero-order chi connectivity index (χ0) is 21.1. The van der Waals surface area contributed by atoms with Crippen molar-refractivity contribution in [3.63, 3.8) is 0 Å². The van der Waals surface area contributed by atoms with Crippen LogP contribution in [0.4, 0.5) is 0 Å². The quantitative estimate of drug-likeness (QED) is 0.422. The minimum Gasteiger partial charge on any atom is -0.497 e. The molecule has 0 spiro atoms. The molecule has 0 fully saturated rings. The Balaban J connectivity index is 1.98. The minimum absolute atomic E-state index is 0.213. The minimum atomic E-state index is -0.796. The average Bonchev–Trinajstić information content (AvgIpc) is 2.76. The van der Waals surface area contributed by atoms with Gasteiger partial charge in [-0.15, -0.1) is 0 Å². The maximum atomic E-state index is 10.7. The second-order valence-corrected chi connectivity index (χ2v) is 6.91. The van der Waals surface area contributed by atoms with Crippen LogP contribution in [0.5, 0.6) is 11.5 Å². The summed E-state index contributed by atoms with van der Waals surface area (Å²) in [5.74, 6) is 1.97.